The van der Waals surface area contributed by atoms with Crippen molar-refractivity contribution < 1.29 is 9.53 Å². The van der Waals surface area contributed by atoms with E-state index in [2.05, 4.69) is 22.2 Å². The van der Waals surface area contributed by atoms with Gasteiger partial charge in [0.15, 0.2) is 0 Å². The molecule has 0 atom stereocenters. The maximum atomic E-state index is 12.1. The summed E-state index contributed by atoms with van der Waals surface area (Å²) < 4.78 is 5.53. The molecule has 1 aromatic carbocycles. The standard InChI is InChI=1S/C17H21N3O2/c1-4-9-22-15-7-5-14(6-8-15)10-19-17(21)16-11-18-13(3)20-12(16)2/h5-8,11H,4,9-10H2,1-3H3,(H,19,21). The zero-order chi connectivity index (χ0) is 15.9. The van der Waals surface area contributed by atoms with E-state index in [0.717, 1.165) is 17.7 Å². The van der Waals surface area contributed by atoms with E-state index < -0.39 is 0 Å². The molecule has 0 aliphatic carbocycles. The Morgan fingerprint density at radius 3 is 2.59 bits per heavy atom. The molecule has 5 nitrogen and oxygen atoms in total. The first-order chi connectivity index (χ1) is 10.6. The average molecular weight is 299 g/mol. The molecule has 0 aliphatic rings. The van der Waals surface area contributed by atoms with Crippen LogP contribution in [0.3, 0.4) is 0 Å². The molecule has 1 amide bonds. The highest BCUT2D eigenvalue weighted by molar-refractivity contribution is 5.94. The number of rotatable bonds is 6. The predicted molar refractivity (Wildman–Crippen MR) is 84.9 cm³/mol. The van der Waals surface area contributed by atoms with Crippen molar-refractivity contribution in [1.29, 1.82) is 0 Å². The number of amides is 1. The molecular weight excluding hydrogens is 278 g/mol. The first-order valence-electron chi connectivity index (χ1n) is 7.40. The van der Waals surface area contributed by atoms with Gasteiger partial charge in [0.2, 0.25) is 0 Å². The summed E-state index contributed by atoms with van der Waals surface area (Å²) in [4.78, 5) is 20.4. The second-order valence-electron chi connectivity index (χ2n) is 5.09. The predicted octanol–water partition coefficient (Wildman–Crippen LogP) is 2.81. The lowest BCUT2D eigenvalue weighted by atomic mass is 10.2. The van der Waals surface area contributed by atoms with Gasteiger partial charge in [0.25, 0.3) is 5.91 Å². The van der Waals surface area contributed by atoms with Crippen molar-refractivity contribution in [2.45, 2.75) is 33.7 Å². The summed E-state index contributed by atoms with van der Waals surface area (Å²) in [5.74, 6) is 1.35. The van der Waals surface area contributed by atoms with Crippen LogP contribution in [-0.4, -0.2) is 22.5 Å². The largest absolute Gasteiger partial charge is 0.494 e. The molecule has 0 unspecified atom stereocenters. The van der Waals surface area contributed by atoms with Crippen LogP contribution in [0, 0.1) is 13.8 Å². The Labute approximate surface area is 130 Å². The number of carbonyl (C=O) groups is 1. The summed E-state index contributed by atoms with van der Waals surface area (Å²) in [6.45, 7) is 6.85. The van der Waals surface area contributed by atoms with Crippen molar-refractivity contribution in [3.8, 4) is 5.75 Å². The van der Waals surface area contributed by atoms with Gasteiger partial charge < -0.3 is 10.1 Å². The van der Waals surface area contributed by atoms with E-state index in [4.69, 9.17) is 4.74 Å². The Kier molecular flexibility index (Phi) is 5.47. The highest BCUT2D eigenvalue weighted by atomic mass is 16.5. The Hall–Kier alpha value is -2.43. The maximum absolute atomic E-state index is 12.1. The molecule has 5 heteroatoms. The van der Waals surface area contributed by atoms with Gasteiger partial charge >= 0.3 is 0 Å². The normalized spacial score (nSPS) is 10.3. The summed E-state index contributed by atoms with van der Waals surface area (Å²) in [5, 5.41) is 2.88. The van der Waals surface area contributed by atoms with Gasteiger partial charge in [0.1, 0.15) is 11.6 Å². The SMILES string of the molecule is CCCOc1ccc(CNC(=O)c2cnc(C)nc2C)cc1. The Bertz CT molecular complexity index is 639. The molecule has 0 fully saturated rings. The molecule has 1 heterocycles. The molecule has 0 bridgehead atoms. The molecule has 0 aliphatic heterocycles. The van der Waals surface area contributed by atoms with Gasteiger partial charge in [-0.3, -0.25) is 4.79 Å². The minimum atomic E-state index is -0.163. The van der Waals surface area contributed by atoms with Crippen LogP contribution in [0.25, 0.3) is 0 Å². The lowest BCUT2D eigenvalue weighted by molar-refractivity contribution is 0.0949. The molecule has 2 aromatic rings. The number of aromatic nitrogens is 2. The van der Waals surface area contributed by atoms with Crippen LogP contribution in [0.5, 0.6) is 5.75 Å². The molecule has 0 saturated carbocycles. The first kappa shape index (κ1) is 15.9. The molecule has 0 spiro atoms. The second kappa shape index (κ2) is 7.54. The third-order valence-corrected chi connectivity index (χ3v) is 3.19. The van der Waals surface area contributed by atoms with Crippen molar-refractivity contribution in [3.63, 3.8) is 0 Å². The number of hydrogen-bond acceptors (Lipinski definition) is 4. The smallest absolute Gasteiger partial charge is 0.254 e. The number of aryl methyl sites for hydroxylation is 2. The van der Waals surface area contributed by atoms with E-state index in [1.54, 1.807) is 13.1 Å². The molecule has 22 heavy (non-hydrogen) atoms. The van der Waals surface area contributed by atoms with Gasteiger partial charge in [-0.15, -0.1) is 0 Å². The van der Waals surface area contributed by atoms with E-state index in [9.17, 15) is 4.79 Å². The van der Waals surface area contributed by atoms with Gasteiger partial charge in [0.05, 0.1) is 17.9 Å². The van der Waals surface area contributed by atoms with E-state index >= 15 is 0 Å². The second-order valence-corrected chi connectivity index (χ2v) is 5.09. The van der Waals surface area contributed by atoms with Crippen molar-refractivity contribution >= 4 is 5.91 Å². The molecule has 0 saturated heterocycles. The average Bonchev–Trinajstić information content (AvgIpc) is 2.51. The zero-order valence-electron chi connectivity index (χ0n) is 13.2. The maximum Gasteiger partial charge on any atom is 0.254 e. The number of carbonyl (C=O) groups excluding carboxylic acids is 1. The third-order valence-electron chi connectivity index (χ3n) is 3.19. The van der Waals surface area contributed by atoms with Gasteiger partial charge in [0, 0.05) is 12.7 Å². The van der Waals surface area contributed by atoms with Crippen LogP contribution in [-0.2, 0) is 6.54 Å². The molecule has 2 rings (SSSR count). The highest BCUT2D eigenvalue weighted by Gasteiger charge is 2.10. The van der Waals surface area contributed by atoms with Crippen molar-refractivity contribution in [1.82, 2.24) is 15.3 Å². The van der Waals surface area contributed by atoms with Gasteiger partial charge in [-0.25, -0.2) is 9.97 Å². The van der Waals surface area contributed by atoms with Crippen LogP contribution in [0.2, 0.25) is 0 Å². The highest BCUT2D eigenvalue weighted by Crippen LogP contribution is 2.12. The van der Waals surface area contributed by atoms with E-state index in [1.807, 2.05) is 31.2 Å². The summed E-state index contributed by atoms with van der Waals surface area (Å²) in [5.41, 5.74) is 2.21. The molecular formula is C17H21N3O2. The van der Waals surface area contributed by atoms with Gasteiger partial charge in [-0.1, -0.05) is 19.1 Å². The minimum Gasteiger partial charge on any atom is -0.494 e. The number of hydrogen-bond donors (Lipinski definition) is 1. The number of nitrogens with one attached hydrogen (secondary N) is 1. The zero-order valence-corrected chi connectivity index (χ0v) is 13.2. The van der Waals surface area contributed by atoms with Gasteiger partial charge in [-0.05, 0) is 38.0 Å². The number of benzene rings is 1. The van der Waals surface area contributed by atoms with Crippen molar-refractivity contribution in [3.05, 3.63) is 53.1 Å². The summed E-state index contributed by atoms with van der Waals surface area (Å²) in [6, 6.07) is 7.72. The Balaban J connectivity index is 1.93. The topological polar surface area (TPSA) is 64.1 Å². The van der Waals surface area contributed by atoms with Crippen LogP contribution < -0.4 is 10.1 Å². The van der Waals surface area contributed by atoms with Crippen LogP contribution in [0.4, 0.5) is 0 Å². The summed E-state index contributed by atoms with van der Waals surface area (Å²) in [7, 11) is 0. The minimum absolute atomic E-state index is 0.163. The van der Waals surface area contributed by atoms with E-state index in [-0.39, 0.29) is 5.91 Å². The molecule has 0 radical (unpaired) electrons. The fourth-order valence-corrected chi connectivity index (χ4v) is 2.01. The molecule has 1 N–H and O–H groups in total. The fraction of sp³-hybridized carbons (Fsp3) is 0.353. The van der Waals surface area contributed by atoms with Crippen molar-refractivity contribution in [2.75, 3.05) is 6.61 Å². The summed E-state index contributed by atoms with van der Waals surface area (Å²) >= 11 is 0. The quantitative estimate of drug-likeness (QED) is 0.891. The molecule has 116 valence electrons. The number of nitrogens with zero attached hydrogens (tertiary/aromatic N) is 2. The third kappa shape index (κ3) is 4.28. The Morgan fingerprint density at radius 2 is 1.95 bits per heavy atom. The Morgan fingerprint density at radius 1 is 1.23 bits per heavy atom. The molecule has 1 aromatic heterocycles. The van der Waals surface area contributed by atoms with E-state index in [1.165, 1.54) is 0 Å². The van der Waals surface area contributed by atoms with Crippen LogP contribution >= 0.6 is 0 Å². The fourth-order valence-electron chi connectivity index (χ4n) is 2.01. The van der Waals surface area contributed by atoms with Gasteiger partial charge in [-0.2, -0.15) is 0 Å². The monoisotopic (exact) mass is 299 g/mol. The lowest BCUT2D eigenvalue weighted by Gasteiger charge is -2.08. The summed E-state index contributed by atoms with van der Waals surface area (Å²) in [6.07, 6.45) is 2.55. The van der Waals surface area contributed by atoms with E-state index in [0.29, 0.717) is 30.2 Å². The first-order valence-corrected chi connectivity index (χ1v) is 7.40. The number of ether oxygens (including phenoxy) is 1. The van der Waals surface area contributed by atoms with Crippen molar-refractivity contribution in [2.24, 2.45) is 0 Å². The van der Waals surface area contributed by atoms with Crippen LogP contribution in [0.1, 0.15) is 40.8 Å². The lowest BCUT2D eigenvalue weighted by Crippen LogP contribution is -2.24. The van der Waals surface area contributed by atoms with Crippen LogP contribution in [0.15, 0.2) is 30.5 Å².